The molecule has 0 aliphatic heterocycles. The van der Waals surface area contributed by atoms with Crippen LogP contribution in [-0.2, 0) is 32.6 Å². The molecule has 1 unspecified atom stereocenters. The van der Waals surface area contributed by atoms with Crippen LogP contribution in [0.4, 0.5) is 5.69 Å². The Morgan fingerprint density at radius 1 is 0.953 bits per heavy atom. The summed E-state index contributed by atoms with van der Waals surface area (Å²) >= 11 is 12.5. The molecule has 0 aliphatic carbocycles. The van der Waals surface area contributed by atoms with Crippen molar-refractivity contribution in [3.63, 3.8) is 0 Å². The van der Waals surface area contributed by atoms with Gasteiger partial charge in [-0.25, -0.2) is 8.42 Å². The maximum atomic E-state index is 13.9. The fourth-order valence-electron chi connectivity index (χ4n) is 4.65. The maximum Gasteiger partial charge on any atom is 0.243 e. The molecule has 8 nitrogen and oxygen atoms in total. The van der Waals surface area contributed by atoms with Crippen molar-refractivity contribution in [1.82, 2.24) is 10.2 Å². The number of nitrogens with zero attached hydrogens (tertiary/aromatic N) is 2. The first-order chi connectivity index (χ1) is 20.2. The molecule has 0 saturated heterocycles. The number of nitrogens with one attached hydrogen (secondary N) is 1. The standard InChI is InChI=1S/C32H39Cl2N3O5S/c1-32(2,3)35-31(39)28(20-23-11-7-6-8-12-23)36(22-24-13-9-14-25(33)19-24)30(38)15-10-18-37(43(5,40)41)26-16-17-29(42-4)27(34)21-26/h6-9,11-14,16-17,19,21,28H,10,15,18,20,22H2,1-5H3,(H,35,39). The van der Waals surface area contributed by atoms with Gasteiger partial charge in [0.05, 0.1) is 24.1 Å². The lowest BCUT2D eigenvalue weighted by Gasteiger charge is -2.34. The first kappa shape index (κ1) is 34.2. The number of ether oxygens (including phenoxy) is 1. The molecule has 0 radical (unpaired) electrons. The van der Waals surface area contributed by atoms with Gasteiger partial charge in [-0.05, 0) is 68.7 Å². The van der Waals surface area contributed by atoms with Gasteiger partial charge in [-0.2, -0.15) is 0 Å². The van der Waals surface area contributed by atoms with Crippen LogP contribution in [0.5, 0.6) is 5.75 Å². The summed E-state index contributed by atoms with van der Waals surface area (Å²) in [6, 6.07) is 20.6. The van der Waals surface area contributed by atoms with Gasteiger partial charge in [0.2, 0.25) is 21.8 Å². The van der Waals surface area contributed by atoms with Crippen molar-refractivity contribution in [3.8, 4) is 5.75 Å². The third kappa shape index (κ3) is 10.4. The largest absolute Gasteiger partial charge is 0.495 e. The van der Waals surface area contributed by atoms with Gasteiger partial charge in [-0.15, -0.1) is 0 Å². The van der Waals surface area contributed by atoms with Gasteiger partial charge in [0.15, 0.2) is 0 Å². The minimum absolute atomic E-state index is 0.00452. The van der Waals surface area contributed by atoms with E-state index in [1.165, 1.54) is 17.5 Å². The van der Waals surface area contributed by atoms with E-state index in [0.717, 1.165) is 17.4 Å². The number of methoxy groups -OCH3 is 1. The molecule has 0 fully saturated rings. The van der Waals surface area contributed by atoms with E-state index in [4.69, 9.17) is 27.9 Å². The summed E-state index contributed by atoms with van der Waals surface area (Å²) in [5.74, 6) is -0.146. The van der Waals surface area contributed by atoms with Crippen molar-refractivity contribution >= 4 is 50.7 Å². The number of benzene rings is 3. The zero-order valence-corrected chi connectivity index (χ0v) is 27.5. The number of rotatable bonds is 13. The minimum atomic E-state index is -3.69. The van der Waals surface area contributed by atoms with Crippen LogP contribution in [0.1, 0.15) is 44.7 Å². The van der Waals surface area contributed by atoms with E-state index in [1.54, 1.807) is 35.2 Å². The van der Waals surface area contributed by atoms with Crippen molar-refractivity contribution in [2.75, 3.05) is 24.2 Å². The van der Waals surface area contributed by atoms with Gasteiger partial charge in [0.25, 0.3) is 0 Å². The lowest BCUT2D eigenvalue weighted by Crippen LogP contribution is -2.54. The topological polar surface area (TPSA) is 96.0 Å². The molecular weight excluding hydrogens is 609 g/mol. The van der Waals surface area contributed by atoms with Crippen LogP contribution in [0.15, 0.2) is 72.8 Å². The van der Waals surface area contributed by atoms with Crippen LogP contribution >= 0.6 is 23.2 Å². The molecule has 1 atom stereocenters. The van der Waals surface area contributed by atoms with Crippen molar-refractivity contribution in [2.24, 2.45) is 0 Å². The molecule has 0 heterocycles. The molecule has 3 aromatic carbocycles. The van der Waals surface area contributed by atoms with E-state index in [2.05, 4.69) is 5.32 Å². The van der Waals surface area contributed by atoms with Crippen LogP contribution in [0.2, 0.25) is 10.0 Å². The molecule has 2 amide bonds. The molecule has 11 heteroatoms. The van der Waals surface area contributed by atoms with E-state index in [-0.39, 0.29) is 42.8 Å². The van der Waals surface area contributed by atoms with Gasteiger partial charge < -0.3 is 15.0 Å². The van der Waals surface area contributed by atoms with Gasteiger partial charge >= 0.3 is 0 Å². The Hall–Kier alpha value is -3.27. The molecule has 0 aliphatic rings. The summed E-state index contributed by atoms with van der Waals surface area (Å²) < 4.78 is 31.8. The molecule has 3 aromatic rings. The highest BCUT2D eigenvalue weighted by molar-refractivity contribution is 7.92. The summed E-state index contributed by atoms with van der Waals surface area (Å²) in [6.07, 6.45) is 1.62. The van der Waals surface area contributed by atoms with Crippen molar-refractivity contribution < 1.29 is 22.7 Å². The normalized spacial score (nSPS) is 12.3. The van der Waals surface area contributed by atoms with Crippen LogP contribution in [0, 0.1) is 0 Å². The molecular formula is C32H39Cl2N3O5S. The first-order valence-electron chi connectivity index (χ1n) is 13.9. The second-order valence-electron chi connectivity index (χ2n) is 11.4. The molecule has 1 N–H and O–H groups in total. The Bertz CT molecular complexity index is 1510. The maximum absolute atomic E-state index is 13.9. The number of carbonyl (C=O) groups excluding carboxylic acids is 2. The van der Waals surface area contributed by atoms with E-state index in [1.807, 2.05) is 57.2 Å². The van der Waals surface area contributed by atoms with Gasteiger partial charge in [-0.3, -0.25) is 13.9 Å². The summed E-state index contributed by atoms with van der Waals surface area (Å²) in [7, 11) is -2.21. The Labute approximate surface area is 265 Å². The first-order valence-corrected chi connectivity index (χ1v) is 16.5. The van der Waals surface area contributed by atoms with E-state index in [0.29, 0.717) is 22.9 Å². The summed E-state index contributed by atoms with van der Waals surface area (Å²) in [6.45, 7) is 5.85. The number of carbonyl (C=O) groups is 2. The van der Waals surface area contributed by atoms with Crippen LogP contribution < -0.4 is 14.4 Å². The number of sulfonamides is 1. The Kier molecular flexibility index (Phi) is 11.9. The van der Waals surface area contributed by atoms with Crippen molar-refractivity contribution in [3.05, 3.63) is 94.0 Å². The van der Waals surface area contributed by atoms with Gasteiger partial charge in [-0.1, -0.05) is 65.7 Å². The highest BCUT2D eigenvalue weighted by atomic mass is 35.5. The van der Waals surface area contributed by atoms with Crippen LogP contribution in [0.3, 0.4) is 0 Å². The lowest BCUT2D eigenvalue weighted by atomic mass is 10.00. The zero-order valence-electron chi connectivity index (χ0n) is 25.1. The second-order valence-corrected chi connectivity index (χ2v) is 14.1. The van der Waals surface area contributed by atoms with Gasteiger partial charge in [0, 0.05) is 36.5 Å². The average Bonchev–Trinajstić information content (AvgIpc) is 2.92. The van der Waals surface area contributed by atoms with Crippen LogP contribution in [0.25, 0.3) is 0 Å². The summed E-state index contributed by atoms with van der Waals surface area (Å²) in [5, 5.41) is 3.82. The number of hydrogen-bond donors (Lipinski definition) is 1. The highest BCUT2D eigenvalue weighted by Crippen LogP contribution is 2.30. The fourth-order valence-corrected chi connectivity index (χ4v) is 6.08. The Morgan fingerprint density at radius 2 is 1.63 bits per heavy atom. The van der Waals surface area contributed by atoms with Crippen molar-refractivity contribution in [1.29, 1.82) is 0 Å². The Morgan fingerprint density at radius 3 is 2.21 bits per heavy atom. The molecule has 0 saturated carbocycles. The minimum Gasteiger partial charge on any atom is -0.495 e. The number of hydrogen-bond acceptors (Lipinski definition) is 5. The quantitative estimate of drug-likeness (QED) is 0.242. The van der Waals surface area contributed by atoms with E-state index >= 15 is 0 Å². The average molecular weight is 649 g/mol. The smallest absolute Gasteiger partial charge is 0.243 e. The molecule has 43 heavy (non-hydrogen) atoms. The second kappa shape index (κ2) is 14.9. The van der Waals surface area contributed by atoms with Gasteiger partial charge in [0.1, 0.15) is 11.8 Å². The molecule has 232 valence electrons. The SMILES string of the molecule is COc1ccc(N(CCCC(=O)N(Cc2cccc(Cl)c2)C(Cc2ccccc2)C(=O)NC(C)(C)C)S(C)(=O)=O)cc1Cl. The summed E-state index contributed by atoms with van der Waals surface area (Å²) in [5.41, 5.74) is 1.52. The van der Waals surface area contributed by atoms with Crippen LogP contribution in [-0.4, -0.2) is 56.6 Å². The van der Waals surface area contributed by atoms with E-state index in [9.17, 15) is 18.0 Å². The third-order valence-corrected chi connectivity index (χ3v) is 8.31. The zero-order chi connectivity index (χ0) is 31.8. The molecule has 3 rings (SSSR count). The molecule has 0 aromatic heterocycles. The molecule has 0 bridgehead atoms. The van der Waals surface area contributed by atoms with E-state index < -0.39 is 21.6 Å². The predicted molar refractivity (Wildman–Crippen MR) is 173 cm³/mol. The number of anilines is 1. The third-order valence-electron chi connectivity index (χ3n) is 6.59. The number of halogens is 2. The summed E-state index contributed by atoms with van der Waals surface area (Å²) in [4.78, 5) is 29.2. The molecule has 0 spiro atoms. The van der Waals surface area contributed by atoms with Crippen molar-refractivity contribution in [2.45, 2.75) is 58.2 Å². The monoisotopic (exact) mass is 647 g/mol. The predicted octanol–water partition coefficient (Wildman–Crippen LogP) is 6.10. The number of amides is 2. The Balaban J connectivity index is 1.91. The fraction of sp³-hybridized carbons (Fsp3) is 0.375. The lowest BCUT2D eigenvalue weighted by molar-refractivity contribution is -0.142. The highest BCUT2D eigenvalue weighted by Gasteiger charge is 2.32.